The van der Waals surface area contributed by atoms with E-state index in [4.69, 9.17) is 0 Å². The predicted molar refractivity (Wildman–Crippen MR) is 86.4 cm³/mol. The van der Waals surface area contributed by atoms with Crippen LogP contribution in [0.4, 0.5) is 19.0 Å². The highest BCUT2D eigenvalue weighted by molar-refractivity contribution is 5.94. The number of carbonyl (C=O) groups is 1. The summed E-state index contributed by atoms with van der Waals surface area (Å²) in [6, 6.07) is 8.09. The van der Waals surface area contributed by atoms with Crippen LogP contribution in [0.2, 0.25) is 0 Å². The summed E-state index contributed by atoms with van der Waals surface area (Å²) in [6.45, 7) is 2.06. The van der Waals surface area contributed by atoms with Gasteiger partial charge < -0.3 is 5.32 Å². The monoisotopic (exact) mass is 339 g/mol. The van der Waals surface area contributed by atoms with Gasteiger partial charge >= 0.3 is 6.18 Å². The minimum atomic E-state index is -4.58. The van der Waals surface area contributed by atoms with Gasteiger partial charge in [0, 0.05) is 6.42 Å². The van der Waals surface area contributed by atoms with E-state index in [0.29, 0.717) is 12.0 Å². The number of carbonyl (C=O) groups excluding carboxylic acids is 1. The first-order chi connectivity index (χ1) is 11.4. The number of halogens is 3. The van der Waals surface area contributed by atoms with Gasteiger partial charge in [-0.25, -0.2) is 0 Å². The van der Waals surface area contributed by atoms with Crippen LogP contribution in [0.1, 0.15) is 44.7 Å². The molecule has 24 heavy (non-hydrogen) atoms. The molecule has 0 radical (unpaired) electrons. The van der Waals surface area contributed by atoms with E-state index in [2.05, 4.69) is 17.3 Å². The molecule has 2 N–H and O–H groups in total. The van der Waals surface area contributed by atoms with Gasteiger partial charge in [-0.2, -0.15) is 18.3 Å². The van der Waals surface area contributed by atoms with E-state index in [9.17, 15) is 18.0 Å². The van der Waals surface area contributed by atoms with Crippen LogP contribution < -0.4 is 5.32 Å². The van der Waals surface area contributed by atoms with Crippen molar-refractivity contribution in [2.24, 2.45) is 0 Å². The molecule has 130 valence electrons. The number of alkyl halides is 3. The Labute approximate surface area is 138 Å². The number of H-pyrrole nitrogens is 1. The maximum atomic E-state index is 13.2. The van der Waals surface area contributed by atoms with Crippen molar-refractivity contribution in [3.05, 3.63) is 36.0 Å². The Morgan fingerprint density at radius 3 is 2.50 bits per heavy atom. The van der Waals surface area contributed by atoms with Gasteiger partial charge in [-0.3, -0.25) is 9.89 Å². The van der Waals surface area contributed by atoms with Gasteiger partial charge in [0.05, 0.1) is 5.56 Å². The van der Waals surface area contributed by atoms with E-state index in [1.807, 2.05) is 5.10 Å². The van der Waals surface area contributed by atoms with Crippen LogP contribution in [0.25, 0.3) is 11.1 Å². The molecule has 7 heteroatoms. The average molecular weight is 339 g/mol. The summed E-state index contributed by atoms with van der Waals surface area (Å²) in [4.78, 5) is 12.0. The lowest BCUT2D eigenvalue weighted by molar-refractivity contribution is -0.140. The number of aromatic amines is 1. The molecular weight excluding hydrogens is 319 g/mol. The molecule has 0 spiro atoms. The molecule has 0 aliphatic rings. The first-order valence-corrected chi connectivity index (χ1v) is 7.94. The minimum Gasteiger partial charge on any atom is -0.309 e. The van der Waals surface area contributed by atoms with E-state index in [1.54, 1.807) is 30.3 Å². The number of hydrogen-bond acceptors (Lipinski definition) is 2. The summed E-state index contributed by atoms with van der Waals surface area (Å²) in [7, 11) is 0. The molecule has 0 aliphatic heterocycles. The zero-order valence-electron chi connectivity index (χ0n) is 13.4. The largest absolute Gasteiger partial charge is 0.433 e. The molecule has 1 aromatic heterocycles. The predicted octanol–water partition coefficient (Wildman–Crippen LogP) is 5.00. The zero-order chi connectivity index (χ0) is 17.6. The summed E-state index contributed by atoms with van der Waals surface area (Å²) >= 11 is 0. The topological polar surface area (TPSA) is 57.8 Å². The number of aromatic nitrogens is 2. The second-order valence-electron chi connectivity index (χ2n) is 5.54. The highest BCUT2D eigenvalue weighted by Gasteiger charge is 2.38. The second-order valence-corrected chi connectivity index (χ2v) is 5.54. The van der Waals surface area contributed by atoms with E-state index < -0.39 is 11.9 Å². The van der Waals surface area contributed by atoms with E-state index in [0.717, 1.165) is 19.3 Å². The van der Waals surface area contributed by atoms with Gasteiger partial charge in [-0.1, -0.05) is 56.5 Å². The normalized spacial score (nSPS) is 11.5. The van der Waals surface area contributed by atoms with Crippen molar-refractivity contribution >= 4 is 11.7 Å². The molecule has 0 saturated heterocycles. The number of hydrogen-bond donors (Lipinski definition) is 2. The van der Waals surface area contributed by atoms with Crippen molar-refractivity contribution < 1.29 is 18.0 Å². The lowest BCUT2D eigenvalue weighted by atomic mass is 10.0. The number of unbranched alkanes of at least 4 members (excludes halogenated alkanes) is 3. The smallest absolute Gasteiger partial charge is 0.309 e. The Kier molecular flexibility index (Phi) is 6.00. The molecule has 4 nitrogen and oxygen atoms in total. The number of amides is 1. The molecule has 0 bridgehead atoms. The van der Waals surface area contributed by atoms with Crippen LogP contribution in [-0.4, -0.2) is 16.1 Å². The Morgan fingerprint density at radius 1 is 1.17 bits per heavy atom. The third-order valence-electron chi connectivity index (χ3n) is 3.63. The number of nitrogens with one attached hydrogen (secondary N) is 2. The van der Waals surface area contributed by atoms with Crippen molar-refractivity contribution in [3.8, 4) is 11.1 Å². The van der Waals surface area contributed by atoms with Crippen LogP contribution in [-0.2, 0) is 11.0 Å². The van der Waals surface area contributed by atoms with Crippen LogP contribution in [0, 0.1) is 0 Å². The van der Waals surface area contributed by atoms with Gasteiger partial charge in [-0.05, 0) is 12.0 Å². The average Bonchev–Trinajstić information content (AvgIpc) is 2.96. The molecule has 0 fully saturated rings. The van der Waals surface area contributed by atoms with Crippen LogP contribution in [0.15, 0.2) is 30.3 Å². The van der Waals surface area contributed by atoms with Crippen molar-refractivity contribution in [2.45, 2.75) is 45.2 Å². The van der Waals surface area contributed by atoms with Crippen molar-refractivity contribution in [2.75, 3.05) is 5.32 Å². The molecule has 2 aromatic rings. The summed E-state index contributed by atoms with van der Waals surface area (Å²) in [6.07, 6.45) is -0.608. The van der Waals surface area contributed by atoms with Gasteiger partial charge in [0.1, 0.15) is 5.69 Å². The van der Waals surface area contributed by atoms with Gasteiger partial charge in [0.2, 0.25) is 5.91 Å². The first-order valence-electron chi connectivity index (χ1n) is 7.94. The van der Waals surface area contributed by atoms with Crippen molar-refractivity contribution in [1.29, 1.82) is 0 Å². The second kappa shape index (κ2) is 7.99. The number of rotatable bonds is 7. The zero-order valence-corrected chi connectivity index (χ0v) is 13.4. The standard InChI is InChI=1S/C17H20F3N3O/c1-2-3-4-8-11-13(24)21-16-14(12-9-6-5-7-10-12)15(22-23-16)17(18,19)20/h5-7,9-10H,2-4,8,11H2,1H3,(H2,21,22,23,24). The van der Waals surface area contributed by atoms with E-state index in [-0.39, 0.29) is 23.7 Å². The molecule has 0 saturated carbocycles. The number of anilines is 1. The van der Waals surface area contributed by atoms with Gasteiger partial charge in [-0.15, -0.1) is 0 Å². The van der Waals surface area contributed by atoms with Crippen LogP contribution >= 0.6 is 0 Å². The fourth-order valence-corrected chi connectivity index (χ4v) is 2.43. The fraction of sp³-hybridized carbons (Fsp3) is 0.412. The Morgan fingerprint density at radius 2 is 1.88 bits per heavy atom. The Bertz CT molecular complexity index is 665. The lowest BCUT2D eigenvalue weighted by Crippen LogP contribution is -2.12. The third-order valence-corrected chi connectivity index (χ3v) is 3.63. The first kappa shape index (κ1) is 18.0. The molecule has 0 atom stereocenters. The van der Waals surface area contributed by atoms with Gasteiger partial charge in [0.25, 0.3) is 0 Å². The van der Waals surface area contributed by atoms with Crippen LogP contribution in [0.3, 0.4) is 0 Å². The highest BCUT2D eigenvalue weighted by atomic mass is 19.4. The summed E-state index contributed by atoms with van der Waals surface area (Å²) in [5, 5.41) is 8.17. The van der Waals surface area contributed by atoms with Crippen molar-refractivity contribution in [3.63, 3.8) is 0 Å². The Hall–Kier alpha value is -2.31. The molecule has 2 rings (SSSR count). The summed E-state index contributed by atoms with van der Waals surface area (Å²) in [5.74, 6) is -0.419. The quantitative estimate of drug-likeness (QED) is 0.697. The SMILES string of the molecule is CCCCCCC(=O)Nc1n[nH]c(C(F)(F)F)c1-c1ccccc1. The molecule has 1 aromatic carbocycles. The highest BCUT2D eigenvalue weighted by Crippen LogP contribution is 2.39. The maximum Gasteiger partial charge on any atom is 0.433 e. The fourth-order valence-electron chi connectivity index (χ4n) is 2.43. The third kappa shape index (κ3) is 4.59. The lowest BCUT2D eigenvalue weighted by Gasteiger charge is -2.09. The molecule has 1 heterocycles. The summed E-state index contributed by atoms with van der Waals surface area (Å²) in [5.41, 5.74) is -0.750. The number of benzene rings is 1. The maximum absolute atomic E-state index is 13.2. The van der Waals surface area contributed by atoms with Crippen LogP contribution in [0.5, 0.6) is 0 Å². The molecule has 0 unspecified atom stereocenters. The minimum absolute atomic E-state index is 0.0889. The van der Waals surface area contributed by atoms with E-state index in [1.165, 1.54) is 0 Å². The number of nitrogens with zero attached hydrogens (tertiary/aromatic N) is 1. The molecular formula is C17H20F3N3O. The van der Waals surface area contributed by atoms with E-state index >= 15 is 0 Å². The molecule has 1 amide bonds. The van der Waals surface area contributed by atoms with Crippen molar-refractivity contribution in [1.82, 2.24) is 10.2 Å². The Balaban J connectivity index is 2.21. The summed E-state index contributed by atoms with van der Waals surface area (Å²) < 4.78 is 39.6. The molecule has 0 aliphatic carbocycles. The van der Waals surface area contributed by atoms with Gasteiger partial charge in [0.15, 0.2) is 5.82 Å².